The van der Waals surface area contributed by atoms with Crippen LogP contribution in [0.2, 0.25) is 0 Å². The number of hydrogen-bond donors (Lipinski definition) is 1. The molecule has 0 saturated carbocycles. The first-order chi connectivity index (χ1) is 11.7. The molecule has 3 heteroatoms. The predicted octanol–water partition coefficient (Wildman–Crippen LogP) is 4.78. The van der Waals surface area contributed by atoms with Crippen LogP contribution >= 0.6 is 0 Å². The summed E-state index contributed by atoms with van der Waals surface area (Å²) in [6, 6.07) is 13.1. The Bertz CT molecular complexity index is 840. The van der Waals surface area contributed by atoms with Crippen LogP contribution in [0.3, 0.4) is 0 Å². The van der Waals surface area contributed by atoms with Gasteiger partial charge in [-0.1, -0.05) is 32.4 Å². The smallest absolute Gasteiger partial charge is 0.116 e. The lowest BCUT2D eigenvalue weighted by atomic mass is 9.96. The van der Waals surface area contributed by atoms with Crippen molar-refractivity contribution in [2.75, 3.05) is 12.4 Å². The van der Waals surface area contributed by atoms with Crippen molar-refractivity contribution in [2.24, 2.45) is 0 Å². The summed E-state index contributed by atoms with van der Waals surface area (Å²) in [5.41, 5.74) is 7.40. The zero-order valence-corrected chi connectivity index (χ0v) is 14.8. The van der Waals surface area contributed by atoms with Crippen LogP contribution in [0, 0.1) is 0 Å². The highest BCUT2D eigenvalue weighted by molar-refractivity contribution is 5.83. The van der Waals surface area contributed by atoms with Crippen LogP contribution in [0.15, 0.2) is 42.7 Å². The van der Waals surface area contributed by atoms with Crippen LogP contribution in [-0.4, -0.2) is 17.0 Å². The van der Waals surface area contributed by atoms with Crippen LogP contribution in [0.5, 0.6) is 0 Å². The summed E-state index contributed by atoms with van der Waals surface area (Å²) in [6.45, 7) is 4.45. The molecular formula is C21H25N3. The molecule has 0 saturated heterocycles. The number of aromatic nitrogens is 2. The highest BCUT2D eigenvalue weighted by Crippen LogP contribution is 2.24. The van der Waals surface area contributed by atoms with Crippen molar-refractivity contribution >= 4 is 16.6 Å². The number of anilines is 1. The molecule has 0 aliphatic rings. The van der Waals surface area contributed by atoms with E-state index in [0.29, 0.717) is 0 Å². The van der Waals surface area contributed by atoms with Crippen molar-refractivity contribution < 1.29 is 0 Å². The van der Waals surface area contributed by atoms with Gasteiger partial charge in [-0.2, -0.15) is 0 Å². The van der Waals surface area contributed by atoms with Crippen LogP contribution in [0.1, 0.15) is 42.7 Å². The number of benzene rings is 2. The molecule has 0 bridgehead atoms. The van der Waals surface area contributed by atoms with E-state index < -0.39 is 0 Å². The number of fused-ring (bicyclic) bond motifs is 1. The fourth-order valence-corrected chi connectivity index (χ4v) is 3.25. The van der Waals surface area contributed by atoms with Crippen molar-refractivity contribution in [2.45, 2.75) is 39.5 Å². The van der Waals surface area contributed by atoms with Gasteiger partial charge in [0.25, 0.3) is 0 Å². The second kappa shape index (κ2) is 7.43. The highest BCUT2D eigenvalue weighted by atomic mass is 14.8. The summed E-state index contributed by atoms with van der Waals surface area (Å²) in [5, 5.41) is 4.38. The molecule has 1 heterocycles. The van der Waals surface area contributed by atoms with Gasteiger partial charge in [0.05, 0.1) is 11.2 Å². The summed E-state index contributed by atoms with van der Waals surface area (Å²) in [6.07, 6.45) is 5.84. The van der Waals surface area contributed by atoms with Gasteiger partial charge in [-0.3, -0.25) is 0 Å². The van der Waals surface area contributed by atoms with Crippen molar-refractivity contribution in [1.82, 2.24) is 9.97 Å². The topological polar surface area (TPSA) is 37.8 Å². The first-order valence-corrected chi connectivity index (χ1v) is 8.77. The maximum atomic E-state index is 4.58. The van der Waals surface area contributed by atoms with Crippen molar-refractivity contribution in [3.8, 4) is 0 Å². The van der Waals surface area contributed by atoms with Gasteiger partial charge in [0.1, 0.15) is 6.33 Å². The third-order valence-electron chi connectivity index (χ3n) is 4.53. The molecule has 0 unspecified atom stereocenters. The van der Waals surface area contributed by atoms with Crippen LogP contribution in [-0.2, 0) is 19.3 Å². The van der Waals surface area contributed by atoms with Crippen LogP contribution < -0.4 is 5.32 Å². The number of rotatable bonds is 6. The fraction of sp³-hybridized carbons (Fsp3) is 0.333. The Morgan fingerprint density at radius 2 is 1.88 bits per heavy atom. The van der Waals surface area contributed by atoms with Gasteiger partial charge in [-0.05, 0) is 53.8 Å². The van der Waals surface area contributed by atoms with E-state index in [-0.39, 0.29) is 0 Å². The number of aryl methyl sites for hydroxylation is 2. The largest absolute Gasteiger partial charge is 0.388 e. The Morgan fingerprint density at radius 3 is 2.62 bits per heavy atom. The molecule has 3 rings (SSSR count). The van der Waals surface area contributed by atoms with Crippen molar-refractivity contribution in [3.63, 3.8) is 0 Å². The van der Waals surface area contributed by atoms with E-state index in [1.165, 1.54) is 22.1 Å². The minimum absolute atomic E-state index is 0.824. The van der Waals surface area contributed by atoms with Crippen LogP contribution in [0.4, 0.5) is 5.69 Å². The third-order valence-corrected chi connectivity index (χ3v) is 4.53. The molecule has 1 N–H and O–H groups in total. The van der Waals surface area contributed by atoms with Crippen molar-refractivity contribution in [1.29, 1.82) is 0 Å². The number of nitrogens with zero attached hydrogens (tertiary/aromatic N) is 2. The van der Waals surface area contributed by atoms with Crippen molar-refractivity contribution in [3.05, 3.63) is 65.1 Å². The van der Waals surface area contributed by atoms with E-state index in [0.717, 1.165) is 42.6 Å². The zero-order valence-electron chi connectivity index (χ0n) is 14.8. The lowest BCUT2D eigenvalue weighted by Gasteiger charge is -2.12. The van der Waals surface area contributed by atoms with Gasteiger partial charge >= 0.3 is 0 Å². The van der Waals surface area contributed by atoms with Gasteiger partial charge in [-0.25, -0.2) is 9.97 Å². The first-order valence-electron chi connectivity index (χ1n) is 8.77. The fourth-order valence-electron chi connectivity index (χ4n) is 3.25. The van der Waals surface area contributed by atoms with Gasteiger partial charge < -0.3 is 5.32 Å². The third kappa shape index (κ3) is 3.40. The summed E-state index contributed by atoms with van der Waals surface area (Å²) in [5.74, 6) is 0. The van der Waals surface area contributed by atoms with Gasteiger partial charge in [0.2, 0.25) is 0 Å². The highest BCUT2D eigenvalue weighted by Gasteiger charge is 2.09. The number of hydrogen-bond acceptors (Lipinski definition) is 3. The lowest BCUT2D eigenvalue weighted by molar-refractivity contribution is 0.900. The normalized spacial score (nSPS) is 11.0. The SMILES string of the molecule is CCCc1cc2ncnc(Cc3cccc(NC)c3)c2cc1CC. The molecule has 0 spiro atoms. The van der Waals surface area contributed by atoms with E-state index in [1.54, 1.807) is 6.33 Å². The molecule has 0 atom stereocenters. The second-order valence-electron chi connectivity index (χ2n) is 6.19. The molecular weight excluding hydrogens is 294 g/mol. The second-order valence-corrected chi connectivity index (χ2v) is 6.19. The molecule has 3 aromatic rings. The van der Waals surface area contributed by atoms with E-state index in [1.807, 2.05) is 7.05 Å². The van der Waals surface area contributed by atoms with Gasteiger partial charge in [0, 0.05) is 24.5 Å². The lowest BCUT2D eigenvalue weighted by Crippen LogP contribution is -2.00. The molecule has 2 aromatic carbocycles. The van der Waals surface area contributed by atoms with E-state index in [2.05, 4.69) is 65.5 Å². The minimum Gasteiger partial charge on any atom is -0.388 e. The molecule has 1 aromatic heterocycles. The van der Waals surface area contributed by atoms with Gasteiger partial charge in [0.15, 0.2) is 0 Å². The molecule has 0 amide bonds. The Labute approximate surface area is 144 Å². The predicted molar refractivity (Wildman–Crippen MR) is 102 cm³/mol. The number of nitrogens with one attached hydrogen (secondary N) is 1. The Morgan fingerprint density at radius 1 is 1.00 bits per heavy atom. The first kappa shape index (κ1) is 16.4. The minimum atomic E-state index is 0.824. The van der Waals surface area contributed by atoms with Crippen LogP contribution in [0.25, 0.3) is 10.9 Å². The quantitative estimate of drug-likeness (QED) is 0.710. The van der Waals surface area contributed by atoms with E-state index in [9.17, 15) is 0 Å². The Kier molecular flexibility index (Phi) is 5.09. The average Bonchev–Trinajstić information content (AvgIpc) is 2.62. The molecule has 24 heavy (non-hydrogen) atoms. The summed E-state index contributed by atoms with van der Waals surface area (Å²) in [7, 11) is 1.95. The summed E-state index contributed by atoms with van der Waals surface area (Å²) in [4.78, 5) is 9.09. The van der Waals surface area contributed by atoms with E-state index in [4.69, 9.17) is 0 Å². The summed E-state index contributed by atoms with van der Waals surface area (Å²) >= 11 is 0. The average molecular weight is 319 g/mol. The molecule has 124 valence electrons. The molecule has 0 radical (unpaired) electrons. The molecule has 0 aliphatic heterocycles. The van der Waals surface area contributed by atoms with Gasteiger partial charge in [-0.15, -0.1) is 0 Å². The van der Waals surface area contributed by atoms with E-state index >= 15 is 0 Å². The monoisotopic (exact) mass is 319 g/mol. The molecule has 0 aliphatic carbocycles. The standard InChI is InChI=1S/C21H25N3/c1-4-7-17-13-21-19(12-16(17)5-2)20(23-14-24-21)11-15-8-6-9-18(10-15)22-3/h6,8-10,12-14,22H,4-5,7,11H2,1-3H3. The maximum absolute atomic E-state index is 4.58. The summed E-state index contributed by atoms with van der Waals surface area (Å²) < 4.78 is 0. The zero-order chi connectivity index (χ0) is 16.9. The molecule has 3 nitrogen and oxygen atoms in total. The molecule has 0 fully saturated rings. The Hall–Kier alpha value is -2.42. The maximum Gasteiger partial charge on any atom is 0.116 e. The Balaban J connectivity index is 2.04.